The molecule has 0 spiro atoms. The van der Waals surface area contributed by atoms with Gasteiger partial charge in [-0.25, -0.2) is 0 Å². The van der Waals surface area contributed by atoms with Crippen LogP contribution in [0, 0.1) is 5.92 Å². The smallest absolute Gasteiger partial charge is 0.245 e. The second-order valence-corrected chi connectivity index (χ2v) is 17.7. The van der Waals surface area contributed by atoms with Crippen molar-refractivity contribution in [3.05, 3.63) is 70.7 Å². The number of hydrogen-bond acceptors (Lipinski definition) is 12. The molecule has 0 aromatic heterocycles. The van der Waals surface area contributed by atoms with Gasteiger partial charge in [0.1, 0.15) is 42.3 Å². The highest BCUT2D eigenvalue weighted by Gasteiger charge is 2.52. The van der Waals surface area contributed by atoms with Crippen molar-refractivity contribution in [2.45, 2.75) is 126 Å². The minimum Gasteiger partial charge on any atom is -0.391 e. The van der Waals surface area contributed by atoms with Crippen LogP contribution in [-0.4, -0.2) is 127 Å². The van der Waals surface area contributed by atoms with Crippen LogP contribution in [0.2, 0.25) is 5.02 Å². The molecule has 362 valence electrons. The molecule has 8 atom stereocenters. The number of hydrogen-bond donors (Lipinski definition) is 12. The third-order valence-corrected chi connectivity index (χ3v) is 11.8. The van der Waals surface area contributed by atoms with Gasteiger partial charge in [-0.3, -0.25) is 38.4 Å². The third kappa shape index (κ3) is 15.2. The maximum Gasteiger partial charge on any atom is 0.245 e. The van der Waals surface area contributed by atoms with Crippen molar-refractivity contribution in [2.24, 2.45) is 23.1 Å². The number of aliphatic hydroxyl groups excluding tert-OH is 1. The van der Waals surface area contributed by atoms with Gasteiger partial charge in [0.2, 0.25) is 47.3 Å². The van der Waals surface area contributed by atoms with Crippen LogP contribution < -0.4 is 59.7 Å². The lowest BCUT2D eigenvalue weighted by molar-refractivity contribution is -0.136. The molecule has 20 nitrogen and oxygen atoms in total. The van der Waals surface area contributed by atoms with E-state index in [9.17, 15) is 43.5 Å². The Hall–Kier alpha value is -5.67. The van der Waals surface area contributed by atoms with E-state index in [1.807, 2.05) is 13.8 Å². The fraction of sp³-hybridized carbons (Fsp3) is 0.556. The van der Waals surface area contributed by atoms with E-state index >= 15 is 0 Å². The molecule has 1 saturated heterocycles. The Morgan fingerprint density at radius 1 is 0.667 bits per heavy atom. The van der Waals surface area contributed by atoms with Crippen LogP contribution in [0.5, 0.6) is 0 Å². The lowest BCUT2D eigenvalue weighted by Crippen LogP contribution is -2.61. The number of benzene rings is 2. The van der Waals surface area contributed by atoms with Crippen molar-refractivity contribution < 1.29 is 43.5 Å². The van der Waals surface area contributed by atoms with Crippen LogP contribution in [0.1, 0.15) is 76.8 Å². The summed E-state index contributed by atoms with van der Waals surface area (Å²) in [6.07, 6.45) is -0.902. The summed E-state index contributed by atoms with van der Waals surface area (Å²) in [5, 5.41) is 32.4. The standard InChI is InChI=1S/C45H66ClN11O9/c1-25(2)23-34-41(63)53-30(13-19-47)37(59)52-32(15-21-49)40(62)57-36(26(3)58)43(65)50-22-16-33(56-44(66)45(17-18-45)28-9-11-29(46)12-10-28)39(61)51-31(14-20-48)38(60)55-35(42(64)54-34)24-27-7-5-4-6-8-27/h4-12,25-26,30-36,58H,13-24,47-49H2,1-3H3,(H,50,65)(H,51,61)(H,52,59)(H,53,63)(H,54,64)(H,55,60)(H,56,66)(H,57,62)/t26-,30+,31+,32+,33+,34+,35-,36+/m1/s1. The van der Waals surface area contributed by atoms with Gasteiger partial charge in [0.15, 0.2) is 0 Å². The van der Waals surface area contributed by atoms with E-state index in [4.69, 9.17) is 28.8 Å². The normalized spacial score (nSPS) is 25.5. The quantitative estimate of drug-likeness (QED) is 0.0980. The van der Waals surface area contributed by atoms with Gasteiger partial charge < -0.3 is 64.8 Å². The van der Waals surface area contributed by atoms with Crippen LogP contribution in [0.25, 0.3) is 0 Å². The number of nitrogens with one attached hydrogen (secondary N) is 8. The summed E-state index contributed by atoms with van der Waals surface area (Å²) < 4.78 is 0. The lowest BCUT2D eigenvalue weighted by Gasteiger charge is -2.28. The summed E-state index contributed by atoms with van der Waals surface area (Å²) >= 11 is 6.12. The van der Waals surface area contributed by atoms with Gasteiger partial charge in [-0.2, -0.15) is 0 Å². The molecule has 4 rings (SSSR count). The molecule has 21 heteroatoms. The van der Waals surface area contributed by atoms with Gasteiger partial charge in [-0.05, 0) is 101 Å². The summed E-state index contributed by atoms with van der Waals surface area (Å²) in [6, 6.07) is 6.20. The number of halogens is 1. The molecule has 66 heavy (non-hydrogen) atoms. The van der Waals surface area contributed by atoms with E-state index < -0.39 is 101 Å². The first-order valence-electron chi connectivity index (χ1n) is 22.4. The predicted molar refractivity (Wildman–Crippen MR) is 246 cm³/mol. The lowest BCUT2D eigenvalue weighted by atomic mass is 9.94. The first kappa shape index (κ1) is 52.9. The van der Waals surface area contributed by atoms with Crippen molar-refractivity contribution in [3.8, 4) is 0 Å². The van der Waals surface area contributed by atoms with Gasteiger partial charge in [-0.15, -0.1) is 0 Å². The van der Waals surface area contributed by atoms with Gasteiger partial charge in [0, 0.05) is 18.0 Å². The molecule has 2 fully saturated rings. The fourth-order valence-electron chi connectivity index (χ4n) is 7.64. The molecular formula is C45H66ClN11O9. The van der Waals surface area contributed by atoms with Crippen LogP contribution in [0.4, 0.5) is 0 Å². The van der Waals surface area contributed by atoms with Crippen LogP contribution >= 0.6 is 11.6 Å². The summed E-state index contributed by atoms with van der Waals surface area (Å²) in [6.45, 7) is 4.43. The average Bonchev–Trinajstić information content (AvgIpc) is 4.09. The Bertz CT molecular complexity index is 2000. The van der Waals surface area contributed by atoms with Crippen LogP contribution in [0.3, 0.4) is 0 Å². The molecule has 1 aliphatic carbocycles. The van der Waals surface area contributed by atoms with Crippen LogP contribution in [-0.2, 0) is 50.2 Å². The number of nitrogens with two attached hydrogens (primary N) is 3. The van der Waals surface area contributed by atoms with E-state index in [1.54, 1.807) is 54.6 Å². The molecule has 2 aromatic carbocycles. The second kappa shape index (κ2) is 25.3. The molecule has 1 saturated carbocycles. The minimum absolute atomic E-state index is 0.0286. The second-order valence-electron chi connectivity index (χ2n) is 17.3. The Balaban J connectivity index is 1.75. The molecule has 0 radical (unpaired) electrons. The summed E-state index contributed by atoms with van der Waals surface area (Å²) in [5.74, 6) is -6.24. The number of rotatable bonds is 14. The number of amides is 8. The Labute approximate surface area is 389 Å². The summed E-state index contributed by atoms with van der Waals surface area (Å²) in [4.78, 5) is 112. The van der Waals surface area contributed by atoms with E-state index in [1.165, 1.54) is 6.92 Å². The van der Waals surface area contributed by atoms with Gasteiger partial charge in [-0.1, -0.05) is 67.9 Å². The Morgan fingerprint density at radius 3 is 1.64 bits per heavy atom. The van der Waals surface area contributed by atoms with Crippen molar-refractivity contribution >= 4 is 58.9 Å². The first-order chi connectivity index (χ1) is 31.4. The average molecular weight is 941 g/mol. The zero-order valence-corrected chi connectivity index (χ0v) is 38.5. The van der Waals surface area contributed by atoms with Gasteiger partial charge in [0.05, 0.1) is 11.5 Å². The monoisotopic (exact) mass is 939 g/mol. The number of carbonyl (C=O) groups excluding carboxylic acids is 8. The van der Waals surface area contributed by atoms with E-state index in [2.05, 4.69) is 42.5 Å². The van der Waals surface area contributed by atoms with Crippen LogP contribution in [0.15, 0.2) is 54.6 Å². The SMILES string of the molecule is CC(C)C[C@@H]1NC(=O)[C@@H](Cc2ccccc2)NC(=O)[C@H](CCN)NC(=O)[C@@H](NC(=O)C2(c3ccc(Cl)cc3)CC2)CCNC(=O)[C@H]([C@@H](C)O)NC(=O)[C@H](CCN)NC(=O)[C@H](CCN)NC1=O. The zero-order valence-electron chi connectivity index (χ0n) is 37.7. The molecular weight excluding hydrogens is 874 g/mol. The number of aliphatic hydroxyl groups is 1. The molecule has 0 unspecified atom stereocenters. The fourth-order valence-corrected chi connectivity index (χ4v) is 7.77. The first-order valence-corrected chi connectivity index (χ1v) is 22.8. The molecule has 1 aliphatic heterocycles. The van der Waals surface area contributed by atoms with Crippen molar-refractivity contribution in [1.29, 1.82) is 0 Å². The van der Waals surface area contributed by atoms with Gasteiger partial charge in [0.25, 0.3) is 0 Å². The minimum atomic E-state index is -1.56. The predicted octanol–water partition coefficient (Wildman–Crippen LogP) is -2.00. The maximum absolute atomic E-state index is 14.3. The highest BCUT2D eigenvalue weighted by Crippen LogP contribution is 2.48. The molecule has 0 bridgehead atoms. The highest BCUT2D eigenvalue weighted by atomic mass is 35.5. The van der Waals surface area contributed by atoms with E-state index in [0.717, 1.165) is 0 Å². The zero-order chi connectivity index (χ0) is 48.6. The van der Waals surface area contributed by atoms with E-state index in [0.29, 0.717) is 29.0 Å². The molecule has 8 amide bonds. The summed E-state index contributed by atoms with van der Waals surface area (Å²) in [7, 11) is 0. The maximum atomic E-state index is 14.3. The molecule has 15 N–H and O–H groups in total. The topological polar surface area (TPSA) is 331 Å². The molecule has 2 aliphatic rings. The van der Waals surface area contributed by atoms with Crippen molar-refractivity contribution in [3.63, 3.8) is 0 Å². The van der Waals surface area contributed by atoms with Gasteiger partial charge >= 0.3 is 0 Å². The van der Waals surface area contributed by atoms with Crippen molar-refractivity contribution in [1.82, 2.24) is 42.5 Å². The molecule has 1 heterocycles. The largest absolute Gasteiger partial charge is 0.391 e. The third-order valence-electron chi connectivity index (χ3n) is 11.5. The highest BCUT2D eigenvalue weighted by molar-refractivity contribution is 6.30. The molecule has 2 aromatic rings. The number of carbonyl (C=O) groups is 8. The van der Waals surface area contributed by atoms with Crippen molar-refractivity contribution in [2.75, 3.05) is 26.2 Å². The Kier molecular flexibility index (Phi) is 20.3. The Morgan fingerprint density at radius 2 is 1.14 bits per heavy atom. The summed E-state index contributed by atoms with van der Waals surface area (Å²) in [5.41, 5.74) is 18.0. The van der Waals surface area contributed by atoms with E-state index in [-0.39, 0.29) is 70.6 Å².